The lowest BCUT2D eigenvalue weighted by atomic mass is 9.94. The van der Waals surface area contributed by atoms with Gasteiger partial charge in [-0.05, 0) is 68.3 Å². The second kappa shape index (κ2) is 17.8. The number of hydrogen-bond acceptors (Lipinski definition) is 8. The van der Waals surface area contributed by atoms with Gasteiger partial charge in [0.15, 0.2) is 5.82 Å². The van der Waals surface area contributed by atoms with E-state index >= 15 is 0 Å². The van der Waals surface area contributed by atoms with Crippen LogP contribution in [0.4, 0.5) is 27.8 Å². The van der Waals surface area contributed by atoms with Gasteiger partial charge >= 0.3 is 6.18 Å². The number of aromatic nitrogens is 3. The number of nitrogens with one attached hydrogen (secondary N) is 2. The van der Waals surface area contributed by atoms with Crippen molar-refractivity contribution in [2.45, 2.75) is 50.2 Å². The highest BCUT2D eigenvalue weighted by Crippen LogP contribution is 2.42. The number of benzene rings is 2. The van der Waals surface area contributed by atoms with Crippen molar-refractivity contribution in [2.24, 2.45) is 0 Å². The van der Waals surface area contributed by atoms with E-state index in [2.05, 4.69) is 27.6 Å². The minimum absolute atomic E-state index is 0.0679. The van der Waals surface area contributed by atoms with Crippen LogP contribution in [0.3, 0.4) is 0 Å². The summed E-state index contributed by atoms with van der Waals surface area (Å²) in [5, 5.41) is 9.96. The van der Waals surface area contributed by atoms with Crippen LogP contribution in [0.1, 0.15) is 43.3 Å². The zero-order valence-corrected chi connectivity index (χ0v) is 32.8. The van der Waals surface area contributed by atoms with E-state index in [-0.39, 0.29) is 62.7 Å². The smallest absolute Gasteiger partial charge is 0.350 e. The van der Waals surface area contributed by atoms with Crippen molar-refractivity contribution in [2.75, 3.05) is 49.5 Å². The van der Waals surface area contributed by atoms with Crippen molar-refractivity contribution in [1.29, 1.82) is 0 Å². The van der Waals surface area contributed by atoms with Gasteiger partial charge in [0, 0.05) is 62.6 Å². The number of nitrogens with zero attached hydrogens (tertiary/aromatic N) is 5. The number of carbonyl (C=O) groups is 2. The summed E-state index contributed by atoms with van der Waals surface area (Å²) in [5.41, 5.74) is 0.691. The van der Waals surface area contributed by atoms with E-state index in [4.69, 9.17) is 16.6 Å². The molecule has 1 aliphatic rings. The van der Waals surface area contributed by atoms with Crippen molar-refractivity contribution in [3.05, 3.63) is 76.1 Å². The fourth-order valence-corrected chi connectivity index (χ4v) is 7.30. The first kappa shape index (κ1) is 42.1. The number of carbonyl (C=O) groups excluding carboxylic acids is 2. The molecule has 2 atom stereocenters. The lowest BCUT2D eigenvalue weighted by Crippen LogP contribution is -2.45. The molecule has 0 bridgehead atoms. The average Bonchev–Trinajstić information content (AvgIpc) is 3.47. The second-order valence-corrected chi connectivity index (χ2v) is 16.3. The fourth-order valence-electron chi connectivity index (χ4n) is 6.16. The van der Waals surface area contributed by atoms with Crippen molar-refractivity contribution < 1.29 is 35.8 Å². The summed E-state index contributed by atoms with van der Waals surface area (Å²) in [5.74, 6) is 3.47. The van der Waals surface area contributed by atoms with E-state index in [9.17, 15) is 35.8 Å². The minimum Gasteiger partial charge on any atom is -0.350 e. The molecular weight excluding hydrogens is 785 g/mol. The average molecular weight is 824 g/mol. The third kappa shape index (κ3) is 10.6. The highest BCUT2D eigenvalue weighted by Gasteiger charge is 2.35. The van der Waals surface area contributed by atoms with Crippen molar-refractivity contribution in [3.8, 4) is 23.0 Å². The fraction of sp³-hybridized carbons (Fsp3) is 0.405. The Morgan fingerprint density at radius 1 is 1.13 bits per heavy atom. The molecule has 18 heteroatoms. The van der Waals surface area contributed by atoms with Crippen molar-refractivity contribution in [3.63, 3.8) is 0 Å². The minimum atomic E-state index is -4.80. The van der Waals surface area contributed by atoms with Gasteiger partial charge in [0.05, 0.1) is 32.4 Å². The summed E-state index contributed by atoms with van der Waals surface area (Å²) in [7, 11) is -2.07. The molecule has 10 nitrogen and oxygen atoms in total. The predicted octanol–water partition coefficient (Wildman–Crippen LogP) is 6.04. The monoisotopic (exact) mass is 823 g/mol. The van der Waals surface area contributed by atoms with Gasteiger partial charge in [-0.3, -0.25) is 14.3 Å². The highest BCUT2D eigenvalue weighted by atomic mass is 35.5. The van der Waals surface area contributed by atoms with Crippen LogP contribution in [0.5, 0.6) is 0 Å². The Morgan fingerprint density at radius 2 is 1.80 bits per heavy atom. The summed E-state index contributed by atoms with van der Waals surface area (Å²) >= 11 is 8.22. The van der Waals surface area contributed by atoms with E-state index in [0.717, 1.165) is 29.5 Å². The number of alkyl halides is 3. The largest absolute Gasteiger partial charge is 0.408 e. The third-order valence-corrected chi connectivity index (χ3v) is 11.2. The predicted molar refractivity (Wildman–Crippen MR) is 206 cm³/mol. The molecule has 2 amide bonds. The normalized spacial score (nSPS) is 14.9. The van der Waals surface area contributed by atoms with Crippen LogP contribution in [0.15, 0.2) is 42.5 Å². The van der Waals surface area contributed by atoms with Gasteiger partial charge in [0.25, 0.3) is 0 Å². The number of thioether (sulfide) groups is 1. The number of rotatable bonds is 13. The zero-order valence-electron chi connectivity index (χ0n) is 30.4. The lowest BCUT2D eigenvalue weighted by molar-refractivity contribution is -0.141. The van der Waals surface area contributed by atoms with Gasteiger partial charge < -0.3 is 15.5 Å². The number of halogens is 6. The van der Waals surface area contributed by atoms with Crippen LogP contribution in [-0.2, 0) is 33.5 Å². The molecular formula is C37H39ClF5N7O3S2. The molecule has 2 N–H and O–H groups in total. The molecule has 1 fully saturated rings. The number of anilines is 1. The molecule has 5 rings (SSSR count). The van der Waals surface area contributed by atoms with E-state index < -0.39 is 52.0 Å². The Bertz CT molecular complexity index is 2130. The quantitative estimate of drug-likeness (QED) is 0.0956. The van der Waals surface area contributed by atoms with E-state index in [1.165, 1.54) is 30.2 Å². The van der Waals surface area contributed by atoms with E-state index in [1.807, 2.05) is 25.0 Å². The number of amides is 2. The molecule has 55 heavy (non-hydrogen) atoms. The van der Waals surface area contributed by atoms with Crippen LogP contribution >= 0.6 is 23.4 Å². The molecule has 0 aliphatic carbocycles. The molecule has 4 aromatic rings. The Kier molecular flexibility index (Phi) is 13.6. The maximum Gasteiger partial charge on any atom is 0.408 e. The highest BCUT2D eigenvalue weighted by molar-refractivity contribution is 8.00. The molecule has 0 radical (unpaired) electrons. The Hall–Kier alpha value is -4.08. The summed E-state index contributed by atoms with van der Waals surface area (Å²) in [6, 6.07) is 7.79. The molecule has 2 aromatic carbocycles. The van der Waals surface area contributed by atoms with Crippen LogP contribution in [0.2, 0.25) is 5.02 Å². The first-order valence-corrected chi connectivity index (χ1v) is 20.2. The van der Waals surface area contributed by atoms with E-state index in [1.54, 1.807) is 12.1 Å². The lowest BCUT2D eigenvalue weighted by Gasteiger charge is -2.27. The molecule has 0 saturated carbocycles. The SMILES string of the molecule is CSC(C)(C)C#Cc1ccc(-c2ccc(Cl)c3c(N(C(=O)CCN4CCNCC4)S(C)=O)nn(CC(F)(F)F)c23)c(C(Cc2cc(F)cc(F)c2)NC=O)n1. The van der Waals surface area contributed by atoms with Gasteiger partial charge in [-0.25, -0.2) is 22.3 Å². The molecule has 294 valence electrons. The van der Waals surface area contributed by atoms with Crippen LogP contribution in [0, 0.1) is 23.5 Å². The summed E-state index contributed by atoms with van der Waals surface area (Å²) in [4.78, 5) is 32.5. The summed E-state index contributed by atoms with van der Waals surface area (Å²) < 4.78 is 85.6. The first-order chi connectivity index (χ1) is 26.0. The number of pyridine rings is 1. The van der Waals surface area contributed by atoms with Crippen LogP contribution < -0.4 is 14.9 Å². The molecule has 2 unspecified atom stereocenters. The maximum atomic E-state index is 14.3. The number of fused-ring (bicyclic) bond motifs is 1. The first-order valence-electron chi connectivity index (χ1n) is 17.1. The number of piperazine rings is 1. The van der Waals surface area contributed by atoms with Crippen molar-refractivity contribution >= 4 is 63.4 Å². The van der Waals surface area contributed by atoms with Gasteiger partial charge in [-0.1, -0.05) is 23.6 Å². The topological polar surface area (TPSA) is 112 Å². The zero-order chi connectivity index (χ0) is 40.1. The van der Waals surface area contributed by atoms with Crippen LogP contribution in [0.25, 0.3) is 22.0 Å². The Morgan fingerprint density at radius 3 is 2.42 bits per heavy atom. The van der Waals surface area contributed by atoms with Gasteiger partial charge in [-0.15, -0.1) is 11.8 Å². The molecule has 1 saturated heterocycles. The van der Waals surface area contributed by atoms with Gasteiger partial charge in [0.1, 0.15) is 34.9 Å². The molecule has 2 aromatic heterocycles. The Balaban J connectivity index is 1.74. The standard InChI is InChI=1S/C37H39ClF5N7O3S2/c1-36(2,54-3)11-9-26-5-6-27(33(46-26)30(45-22-51)19-23-17-24(39)20-25(40)18-23)28-7-8-29(38)32-34(28)49(21-37(41,42)43)47-35(32)50(55(4)53)31(52)10-14-48-15-12-44-13-16-48/h5-8,17-18,20,22,30,44H,10,12-16,19,21H2,1-4H3,(H,45,51). The van der Waals surface area contributed by atoms with E-state index in [0.29, 0.717) is 36.8 Å². The van der Waals surface area contributed by atoms with Gasteiger partial charge in [0.2, 0.25) is 12.3 Å². The molecule has 0 spiro atoms. The maximum absolute atomic E-state index is 14.3. The van der Waals surface area contributed by atoms with Crippen LogP contribution in [-0.4, -0.2) is 92.3 Å². The second-order valence-electron chi connectivity index (χ2n) is 13.3. The number of hydrogen-bond donors (Lipinski definition) is 2. The third-order valence-electron chi connectivity index (χ3n) is 8.86. The molecule has 3 heterocycles. The summed E-state index contributed by atoms with van der Waals surface area (Å²) in [6.45, 7) is 5.35. The van der Waals surface area contributed by atoms with Crippen molar-refractivity contribution in [1.82, 2.24) is 30.3 Å². The van der Waals surface area contributed by atoms with Gasteiger partial charge in [-0.2, -0.15) is 18.3 Å². The molecule has 1 aliphatic heterocycles. The summed E-state index contributed by atoms with van der Waals surface area (Å²) in [6.07, 6.45) is -1.57. The Labute approximate surface area is 327 Å².